The zero-order chi connectivity index (χ0) is 16.4. The van der Waals surface area contributed by atoms with E-state index < -0.39 is 23.5 Å². The molecule has 1 heterocycles. The van der Waals surface area contributed by atoms with Gasteiger partial charge in [-0.3, -0.25) is 9.59 Å². The van der Waals surface area contributed by atoms with E-state index in [1.807, 2.05) is 0 Å². The van der Waals surface area contributed by atoms with Crippen LogP contribution in [0.1, 0.15) is 18.1 Å². The van der Waals surface area contributed by atoms with Crippen LogP contribution in [0.3, 0.4) is 0 Å². The molecule has 0 saturated heterocycles. The lowest BCUT2D eigenvalue weighted by Gasteiger charge is -2.11. The predicted molar refractivity (Wildman–Crippen MR) is 77.8 cm³/mol. The Balaban J connectivity index is 2.40. The number of carbonyl (C=O) groups excluding carboxylic acids is 1. The van der Waals surface area contributed by atoms with Crippen LogP contribution < -0.4 is 10.9 Å². The van der Waals surface area contributed by atoms with Gasteiger partial charge in [-0.2, -0.15) is 0 Å². The van der Waals surface area contributed by atoms with Crippen molar-refractivity contribution in [2.75, 3.05) is 0 Å². The zero-order valence-electron chi connectivity index (χ0n) is 12.0. The molecule has 7 nitrogen and oxygen atoms in total. The van der Waals surface area contributed by atoms with Gasteiger partial charge in [-0.25, -0.2) is 4.79 Å². The summed E-state index contributed by atoms with van der Waals surface area (Å²) in [5.74, 6) is -1.68. The van der Waals surface area contributed by atoms with Crippen LogP contribution in [0.15, 0.2) is 27.4 Å². The number of aliphatic carboxylic acids is 1. The minimum atomic E-state index is -1.15. The van der Waals surface area contributed by atoms with E-state index in [2.05, 4.69) is 5.32 Å². The summed E-state index contributed by atoms with van der Waals surface area (Å²) in [6.07, 6.45) is -0.163. The number of carboxylic acid groups (broad SMARTS) is 1. The SMILES string of the molecule is Cc1c(O)ccc2c(CC(=O)NC(C)C(=O)O)cc(=O)oc12. The molecule has 7 heteroatoms. The van der Waals surface area contributed by atoms with Crippen LogP contribution in [0.2, 0.25) is 0 Å². The fourth-order valence-corrected chi connectivity index (χ4v) is 2.09. The minimum Gasteiger partial charge on any atom is -0.508 e. The third kappa shape index (κ3) is 3.08. The maximum absolute atomic E-state index is 11.9. The zero-order valence-corrected chi connectivity index (χ0v) is 12.0. The van der Waals surface area contributed by atoms with E-state index in [0.717, 1.165) is 0 Å². The number of nitrogens with one attached hydrogen (secondary N) is 1. The molecule has 0 spiro atoms. The van der Waals surface area contributed by atoms with Crippen molar-refractivity contribution in [3.8, 4) is 5.75 Å². The van der Waals surface area contributed by atoms with E-state index in [1.54, 1.807) is 13.0 Å². The number of rotatable bonds is 4. The molecule has 3 N–H and O–H groups in total. The molecule has 1 unspecified atom stereocenters. The van der Waals surface area contributed by atoms with E-state index >= 15 is 0 Å². The Morgan fingerprint density at radius 1 is 1.36 bits per heavy atom. The molecule has 1 atom stereocenters. The molecule has 0 bridgehead atoms. The van der Waals surface area contributed by atoms with E-state index in [4.69, 9.17) is 9.52 Å². The third-order valence-corrected chi connectivity index (χ3v) is 3.32. The van der Waals surface area contributed by atoms with Crippen LogP contribution in [0.25, 0.3) is 11.0 Å². The third-order valence-electron chi connectivity index (χ3n) is 3.32. The van der Waals surface area contributed by atoms with Crippen molar-refractivity contribution in [2.24, 2.45) is 0 Å². The van der Waals surface area contributed by atoms with Gasteiger partial charge in [-0.1, -0.05) is 0 Å². The molecule has 2 rings (SSSR count). The summed E-state index contributed by atoms with van der Waals surface area (Å²) in [5, 5.41) is 21.3. The van der Waals surface area contributed by atoms with Gasteiger partial charge in [0.1, 0.15) is 17.4 Å². The molecule has 2 aromatic rings. The van der Waals surface area contributed by atoms with Gasteiger partial charge in [0.25, 0.3) is 0 Å². The topological polar surface area (TPSA) is 117 Å². The lowest BCUT2D eigenvalue weighted by molar-refractivity contribution is -0.141. The highest BCUT2D eigenvalue weighted by atomic mass is 16.4. The van der Waals surface area contributed by atoms with Crippen molar-refractivity contribution >= 4 is 22.8 Å². The molecule has 0 radical (unpaired) electrons. The van der Waals surface area contributed by atoms with Crippen LogP contribution in [0, 0.1) is 6.92 Å². The number of carbonyl (C=O) groups is 2. The molecule has 1 amide bonds. The lowest BCUT2D eigenvalue weighted by Crippen LogP contribution is -2.39. The lowest BCUT2D eigenvalue weighted by atomic mass is 10.0. The Morgan fingerprint density at radius 2 is 2.05 bits per heavy atom. The predicted octanol–water partition coefficient (Wildman–Crippen LogP) is 0.939. The maximum Gasteiger partial charge on any atom is 0.336 e. The van der Waals surface area contributed by atoms with Crippen molar-refractivity contribution in [3.05, 3.63) is 39.7 Å². The first-order valence-corrected chi connectivity index (χ1v) is 6.57. The van der Waals surface area contributed by atoms with Crippen molar-refractivity contribution in [2.45, 2.75) is 26.3 Å². The standard InChI is InChI=1S/C15H15NO6/c1-7-11(17)4-3-10-9(6-13(19)22-14(7)10)5-12(18)16-8(2)15(20)21/h3-4,6,8,17H,5H2,1-2H3,(H,16,18)(H,20,21). The minimum absolute atomic E-state index is 0.0169. The number of aryl methyl sites for hydroxylation is 1. The molecule has 0 aliphatic rings. The summed E-state index contributed by atoms with van der Waals surface area (Å²) >= 11 is 0. The van der Waals surface area contributed by atoms with Gasteiger partial charge in [-0.15, -0.1) is 0 Å². The van der Waals surface area contributed by atoms with Gasteiger partial charge >= 0.3 is 11.6 Å². The monoisotopic (exact) mass is 305 g/mol. The molecule has 22 heavy (non-hydrogen) atoms. The van der Waals surface area contributed by atoms with Gasteiger partial charge in [0, 0.05) is 17.0 Å². The molecule has 1 aromatic carbocycles. The van der Waals surface area contributed by atoms with Crippen molar-refractivity contribution < 1.29 is 24.2 Å². The number of amides is 1. The Morgan fingerprint density at radius 3 is 2.68 bits per heavy atom. The normalized spacial score (nSPS) is 12.1. The quantitative estimate of drug-likeness (QED) is 0.724. The largest absolute Gasteiger partial charge is 0.508 e. The summed E-state index contributed by atoms with van der Waals surface area (Å²) in [6, 6.07) is 3.15. The Labute approximate surface area is 125 Å². The average Bonchev–Trinajstić information content (AvgIpc) is 2.43. The van der Waals surface area contributed by atoms with Crippen LogP contribution in [0.5, 0.6) is 5.75 Å². The molecule has 0 aliphatic heterocycles. The number of aromatic hydroxyl groups is 1. The van der Waals surface area contributed by atoms with Crippen LogP contribution in [-0.4, -0.2) is 28.1 Å². The van der Waals surface area contributed by atoms with Crippen LogP contribution in [-0.2, 0) is 16.0 Å². The second kappa shape index (κ2) is 5.88. The maximum atomic E-state index is 11.9. The highest BCUT2D eigenvalue weighted by Gasteiger charge is 2.17. The van der Waals surface area contributed by atoms with Gasteiger partial charge in [0.05, 0.1) is 6.42 Å². The van der Waals surface area contributed by atoms with E-state index in [9.17, 15) is 19.5 Å². The number of hydrogen-bond acceptors (Lipinski definition) is 5. The first kappa shape index (κ1) is 15.6. The Hall–Kier alpha value is -2.83. The van der Waals surface area contributed by atoms with Crippen molar-refractivity contribution in [1.29, 1.82) is 0 Å². The Kier molecular flexibility index (Phi) is 4.16. The van der Waals surface area contributed by atoms with Gasteiger partial charge < -0.3 is 19.9 Å². The summed E-state index contributed by atoms with van der Waals surface area (Å²) in [6.45, 7) is 2.94. The summed E-state index contributed by atoms with van der Waals surface area (Å²) in [7, 11) is 0. The highest BCUT2D eigenvalue weighted by molar-refractivity contribution is 5.90. The fourth-order valence-electron chi connectivity index (χ4n) is 2.09. The van der Waals surface area contributed by atoms with Crippen LogP contribution in [0.4, 0.5) is 0 Å². The van der Waals surface area contributed by atoms with Gasteiger partial charge in [0.15, 0.2) is 0 Å². The number of phenols is 1. The van der Waals surface area contributed by atoms with E-state index in [1.165, 1.54) is 19.1 Å². The molecule has 0 fully saturated rings. The second-order valence-corrected chi connectivity index (χ2v) is 4.98. The number of fused-ring (bicyclic) bond motifs is 1. The van der Waals surface area contributed by atoms with Crippen molar-refractivity contribution in [3.63, 3.8) is 0 Å². The summed E-state index contributed by atoms with van der Waals surface area (Å²) in [5.41, 5.74) is 0.372. The highest BCUT2D eigenvalue weighted by Crippen LogP contribution is 2.27. The number of phenolic OH excluding ortho intramolecular Hbond substituents is 1. The molecular formula is C15H15NO6. The average molecular weight is 305 g/mol. The smallest absolute Gasteiger partial charge is 0.336 e. The van der Waals surface area contributed by atoms with Gasteiger partial charge in [0.2, 0.25) is 5.91 Å². The number of hydrogen-bond donors (Lipinski definition) is 3. The van der Waals surface area contributed by atoms with Crippen LogP contribution >= 0.6 is 0 Å². The first-order valence-electron chi connectivity index (χ1n) is 6.57. The Bertz CT molecular complexity index is 808. The molecule has 116 valence electrons. The van der Waals surface area contributed by atoms with E-state index in [-0.39, 0.29) is 17.8 Å². The molecule has 0 aliphatic carbocycles. The van der Waals surface area contributed by atoms with Gasteiger partial charge in [-0.05, 0) is 31.5 Å². The second-order valence-electron chi connectivity index (χ2n) is 4.98. The van der Waals surface area contributed by atoms with E-state index in [0.29, 0.717) is 16.5 Å². The number of carboxylic acids is 1. The van der Waals surface area contributed by atoms with Crippen molar-refractivity contribution in [1.82, 2.24) is 5.32 Å². The fraction of sp³-hybridized carbons (Fsp3) is 0.267. The summed E-state index contributed by atoms with van der Waals surface area (Å²) in [4.78, 5) is 34.2. The molecular weight excluding hydrogens is 290 g/mol. The molecule has 0 saturated carbocycles. The first-order chi connectivity index (χ1) is 10.3. The molecule has 1 aromatic heterocycles. The summed E-state index contributed by atoms with van der Waals surface area (Å²) < 4.78 is 5.07. The number of benzene rings is 1.